The molecule has 0 radical (unpaired) electrons. The fourth-order valence-corrected chi connectivity index (χ4v) is 2.69. The molecule has 2 aromatic rings. The normalized spacial score (nSPS) is 13.4. The van der Waals surface area contributed by atoms with Crippen LogP contribution in [-0.2, 0) is 6.42 Å². The Morgan fingerprint density at radius 1 is 1.30 bits per heavy atom. The Morgan fingerprint density at radius 3 is 2.85 bits per heavy atom. The second-order valence-electron chi connectivity index (χ2n) is 5.07. The van der Waals surface area contributed by atoms with E-state index in [-0.39, 0.29) is 11.7 Å². The summed E-state index contributed by atoms with van der Waals surface area (Å²) in [6.07, 6.45) is 0.738. The molecule has 3 nitrogen and oxygen atoms in total. The Hall–Kier alpha value is -2.36. The predicted octanol–water partition coefficient (Wildman–Crippen LogP) is 2.92. The molecule has 1 aliphatic heterocycles. The smallest absolute Gasteiger partial charge is 0.258 e. The van der Waals surface area contributed by atoms with Crippen LogP contribution in [0.2, 0.25) is 0 Å². The van der Waals surface area contributed by atoms with Crippen molar-refractivity contribution in [2.75, 3.05) is 17.2 Å². The number of carbonyl (C=O) groups excluding carboxylic acids is 1. The van der Waals surface area contributed by atoms with Gasteiger partial charge in [-0.25, -0.2) is 4.39 Å². The molecule has 4 heteroatoms. The van der Waals surface area contributed by atoms with Gasteiger partial charge in [0.1, 0.15) is 5.82 Å². The maximum absolute atomic E-state index is 13.4. The highest BCUT2D eigenvalue weighted by atomic mass is 19.1. The van der Waals surface area contributed by atoms with Crippen molar-refractivity contribution in [1.82, 2.24) is 0 Å². The lowest BCUT2D eigenvalue weighted by Gasteiger charge is -2.18. The quantitative estimate of drug-likeness (QED) is 0.810. The van der Waals surface area contributed by atoms with Crippen LogP contribution >= 0.6 is 0 Å². The number of halogens is 1. The van der Waals surface area contributed by atoms with Gasteiger partial charge in [-0.1, -0.05) is 6.07 Å². The van der Waals surface area contributed by atoms with Gasteiger partial charge in [0.05, 0.1) is 0 Å². The van der Waals surface area contributed by atoms with E-state index in [9.17, 15) is 9.18 Å². The number of aryl methyl sites for hydroxylation is 1. The summed E-state index contributed by atoms with van der Waals surface area (Å²) in [6.45, 7) is 2.35. The number of anilines is 2. The molecule has 20 heavy (non-hydrogen) atoms. The minimum absolute atomic E-state index is 0.183. The van der Waals surface area contributed by atoms with Crippen LogP contribution in [0.25, 0.3) is 0 Å². The molecule has 0 aliphatic carbocycles. The van der Waals surface area contributed by atoms with Crippen LogP contribution in [0.3, 0.4) is 0 Å². The van der Waals surface area contributed by atoms with Crippen molar-refractivity contribution in [3.63, 3.8) is 0 Å². The summed E-state index contributed by atoms with van der Waals surface area (Å²) in [6, 6.07) is 9.93. The Morgan fingerprint density at radius 2 is 2.10 bits per heavy atom. The van der Waals surface area contributed by atoms with E-state index < -0.39 is 0 Å². The molecule has 0 spiro atoms. The third-order valence-electron chi connectivity index (χ3n) is 3.60. The lowest BCUT2D eigenvalue weighted by molar-refractivity contribution is 0.0989. The molecule has 102 valence electrons. The van der Waals surface area contributed by atoms with Crippen molar-refractivity contribution in [2.24, 2.45) is 0 Å². The first-order valence-electron chi connectivity index (χ1n) is 6.52. The minimum Gasteiger partial charge on any atom is -0.398 e. The molecule has 0 atom stereocenters. The molecule has 1 aliphatic rings. The monoisotopic (exact) mass is 270 g/mol. The van der Waals surface area contributed by atoms with Crippen LogP contribution in [0.1, 0.15) is 21.5 Å². The number of nitrogens with zero attached hydrogens (tertiary/aromatic N) is 1. The summed E-state index contributed by atoms with van der Waals surface area (Å²) in [5.41, 5.74) is 9.56. The molecule has 2 N–H and O–H groups in total. The zero-order valence-electron chi connectivity index (χ0n) is 11.2. The van der Waals surface area contributed by atoms with E-state index in [1.165, 1.54) is 12.1 Å². The van der Waals surface area contributed by atoms with Crippen molar-refractivity contribution in [1.29, 1.82) is 0 Å². The zero-order valence-corrected chi connectivity index (χ0v) is 11.2. The Labute approximate surface area is 116 Å². The summed E-state index contributed by atoms with van der Waals surface area (Å²) in [7, 11) is 0. The number of carbonyl (C=O) groups is 1. The number of amides is 1. The topological polar surface area (TPSA) is 46.3 Å². The van der Waals surface area contributed by atoms with Gasteiger partial charge in [-0.05, 0) is 49.2 Å². The molecule has 1 amide bonds. The van der Waals surface area contributed by atoms with E-state index in [0.29, 0.717) is 17.8 Å². The molecular formula is C16H15FN2O. The molecule has 1 heterocycles. The molecule has 0 bridgehead atoms. The Kier molecular flexibility index (Phi) is 2.93. The van der Waals surface area contributed by atoms with Gasteiger partial charge in [0.2, 0.25) is 0 Å². The van der Waals surface area contributed by atoms with Crippen molar-refractivity contribution >= 4 is 17.3 Å². The van der Waals surface area contributed by atoms with Crippen LogP contribution in [0.4, 0.5) is 15.8 Å². The van der Waals surface area contributed by atoms with Gasteiger partial charge in [0.15, 0.2) is 0 Å². The summed E-state index contributed by atoms with van der Waals surface area (Å²) in [5, 5.41) is 0. The Bertz CT molecular complexity index is 677. The van der Waals surface area contributed by atoms with Gasteiger partial charge in [-0.15, -0.1) is 0 Å². The molecule has 2 aromatic carbocycles. The number of rotatable bonds is 1. The predicted molar refractivity (Wildman–Crippen MR) is 77.4 cm³/mol. The molecule has 0 aromatic heterocycles. The van der Waals surface area contributed by atoms with Gasteiger partial charge in [-0.2, -0.15) is 0 Å². The Balaban J connectivity index is 2.00. The van der Waals surface area contributed by atoms with E-state index in [0.717, 1.165) is 23.2 Å². The number of nitrogen functional groups attached to an aromatic ring is 1. The fourth-order valence-electron chi connectivity index (χ4n) is 2.69. The molecular weight excluding hydrogens is 255 g/mol. The summed E-state index contributed by atoms with van der Waals surface area (Å²) < 4.78 is 13.4. The molecule has 0 saturated carbocycles. The zero-order chi connectivity index (χ0) is 14.3. The van der Waals surface area contributed by atoms with E-state index >= 15 is 0 Å². The fraction of sp³-hybridized carbons (Fsp3) is 0.188. The molecule has 0 fully saturated rings. The number of hydrogen-bond acceptors (Lipinski definition) is 2. The number of benzene rings is 2. The second kappa shape index (κ2) is 4.63. The first kappa shape index (κ1) is 12.7. The van der Waals surface area contributed by atoms with E-state index in [1.54, 1.807) is 17.9 Å². The van der Waals surface area contributed by atoms with E-state index in [2.05, 4.69) is 0 Å². The summed E-state index contributed by atoms with van der Waals surface area (Å²) >= 11 is 0. The third-order valence-corrected chi connectivity index (χ3v) is 3.60. The molecule has 0 saturated heterocycles. The summed E-state index contributed by atoms with van der Waals surface area (Å²) in [4.78, 5) is 14.2. The van der Waals surface area contributed by atoms with Crippen LogP contribution in [0.5, 0.6) is 0 Å². The van der Waals surface area contributed by atoms with Crippen LogP contribution < -0.4 is 10.6 Å². The molecule has 3 rings (SSSR count). The maximum Gasteiger partial charge on any atom is 0.258 e. The van der Waals surface area contributed by atoms with Gasteiger partial charge < -0.3 is 10.6 Å². The number of nitrogens with two attached hydrogens (primary N) is 1. The minimum atomic E-state index is -0.389. The highest BCUT2D eigenvalue weighted by Crippen LogP contribution is 2.33. The van der Waals surface area contributed by atoms with Crippen molar-refractivity contribution in [3.8, 4) is 0 Å². The highest BCUT2D eigenvalue weighted by molar-refractivity contribution is 6.07. The third kappa shape index (κ3) is 2.03. The van der Waals surface area contributed by atoms with Gasteiger partial charge in [0.25, 0.3) is 5.91 Å². The largest absolute Gasteiger partial charge is 0.398 e. The maximum atomic E-state index is 13.4. The molecule has 0 unspecified atom stereocenters. The lowest BCUT2D eigenvalue weighted by Crippen LogP contribution is -2.29. The van der Waals surface area contributed by atoms with E-state index in [1.807, 2.05) is 18.2 Å². The number of fused-ring (bicyclic) bond motifs is 1. The SMILES string of the molecule is Cc1cc(F)cc(C(=O)N2CCc3c(N)cccc32)c1. The van der Waals surface area contributed by atoms with Crippen molar-refractivity contribution in [2.45, 2.75) is 13.3 Å². The van der Waals surface area contributed by atoms with E-state index in [4.69, 9.17) is 5.73 Å². The van der Waals surface area contributed by atoms with Gasteiger partial charge >= 0.3 is 0 Å². The van der Waals surface area contributed by atoms with Gasteiger partial charge in [0, 0.05) is 29.0 Å². The van der Waals surface area contributed by atoms with Crippen LogP contribution in [0.15, 0.2) is 36.4 Å². The first-order chi connectivity index (χ1) is 9.56. The van der Waals surface area contributed by atoms with Crippen LogP contribution in [0, 0.1) is 12.7 Å². The average molecular weight is 270 g/mol. The van der Waals surface area contributed by atoms with Crippen LogP contribution in [-0.4, -0.2) is 12.5 Å². The highest BCUT2D eigenvalue weighted by Gasteiger charge is 2.27. The van der Waals surface area contributed by atoms with Crippen molar-refractivity contribution < 1.29 is 9.18 Å². The summed E-state index contributed by atoms with van der Waals surface area (Å²) in [5.74, 6) is -0.572. The lowest BCUT2D eigenvalue weighted by atomic mass is 10.1. The standard InChI is InChI=1S/C16H15FN2O/c1-10-7-11(9-12(17)8-10)16(20)19-6-5-13-14(18)3-2-4-15(13)19/h2-4,7-9H,5-6,18H2,1H3. The second-order valence-corrected chi connectivity index (χ2v) is 5.07. The van der Waals surface area contributed by atoms with Crippen molar-refractivity contribution in [3.05, 3.63) is 58.9 Å². The first-order valence-corrected chi connectivity index (χ1v) is 6.52. The average Bonchev–Trinajstić information content (AvgIpc) is 2.82. The van der Waals surface area contributed by atoms with Gasteiger partial charge in [-0.3, -0.25) is 4.79 Å². The number of hydrogen-bond donors (Lipinski definition) is 1.